The first-order valence-corrected chi connectivity index (χ1v) is 8.01. The number of hydrogen-bond acceptors (Lipinski definition) is 5. The molecule has 0 aromatic carbocycles. The molecule has 23 heavy (non-hydrogen) atoms. The lowest BCUT2D eigenvalue weighted by molar-refractivity contribution is -0.155. The number of hydrogen-bond donors (Lipinski definition) is 2. The van der Waals surface area contributed by atoms with E-state index in [0.29, 0.717) is 0 Å². The van der Waals surface area contributed by atoms with Crippen molar-refractivity contribution in [2.75, 3.05) is 7.11 Å². The highest BCUT2D eigenvalue weighted by atomic mass is 16.6. The molecule has 7 heteroatoms. The predicted molar refractivity (Wildman–Crippen MR) is 89.4 cm³/mol. The van der Waals surface area contributed by atoms with Gasteiger partial charge in [-0.1, -0.05) is 20.8 Å². The smallest absolute Gasteiger partial charge is 0.330 e. The van der Waals surface area contributed by atoms with Gasteiger partial charge in [-0.05, 0) is 33.1 Å². The normalized spacial score (nSPS) is 20.1. The third-order valence-electron chi connectivity index (χ3n) is 3.20. The second-order valence-electron chi connectivity index (χ2n) is 5.37. The van der Waals surface area contributed by atoms with Crippen LogP contribution in [0.3, 0.4) is 0 Å². The van der Waals surface area contributed by atoms with Crippen LogP contribution in [0.5, 0.6) is 0 Å². The summed E-state index contributed by atoms with van der Waals surface area (Å²) in [5.41, 5.74) is -0.773. The topological polar surface area (TPSA) is 93.6 Å². The van der Waals surface area contributed by atoms with Crippen LogP contribution in [0.15, 0.2) is 21.9 Å². The van der Waals surface area contributed by atoms with Crippen molar-refractivity contribution in [1.82, 2.24) is 9.55 Å². The van der Waals surface area contributed by atoms with Gasteiger partial charge in [0.15, 0.2) is 5.79 Å². The fourth-order valence-electron chi connectivity index (χ4n) is 1.85. The summed E-state index contributed by atoms with van der Waals surface area (Å²) in [6, 6.07) is 1.34. The quantitative estimate of drug-likeness (QED) is 0.827. The van der Waals surface area contributed by atoms with Gasteiger partial charge in [-0.25, -0.2) is 4.79 Å². The van der Waals surface area contributed by atoms with Crippen molar-refractivity contribution in [3.8, 4) is 0 Å². The summed E-state index contributed by atoms with van der Waals surface area (Å²) in [6.45, 7) is 9.21. The lowest BCUT2D eigenvalue weighted by Crippen LogP contribution is -2.31. The molecule has 2 atom stereocenters. The summed E-state index contributed by atoms with van der Waals surface area (Å²) in [6.07, 6.45) is 4.24. The standard InChI is InChI=1S/C10H14N2O3.C4H10O2.C2H6/c1-2-7-3-4-9(15-7)12-6-5-8(13)11-10(12)14;1-4(2,5)6-3;1-2/h5-7,9H,2-4H2,1H3,(H,11,13,14);5H,1-3H3;1-2H3. The van der Waals surface area contributed by atoms with Crippen molar-refractivity contribution in [3.63, 3.8) is 0 Å². The summed E-state index contributed by atoms with van der Waals surface area (Å²) in [5.74, 6) is -0.958. The van der Waals surface area contributed by atoms with Crippen LogP contribution in [0, 0.1) is 0 Å². The molecule has 1 saturated heterocycles. The number of aromatic nitrogens is 2. The van der Waals surface area contributed by atoms with Crippen LogP contribution in [0.25, 0.3) is 0 Å². The monoisotopic (exact) mass is 330 g/mol. The second-order valence-corrected chi connectivity index (χ2v) is 5.37. The minimum Gasteiger partial charge on any atom is -0.366 e. The first-order valence-electron chi connectivity index (χ1n) is 8.01. The number of nitrogens with zero attached hydrogens (tertiary/aromatic N) is 1. The van der Waals surface area contributed by atoms with E-state index in [9.17, 15) is 9.59 Å². The molecule has 0 radical (unpaired) electrons. The number of aliphatic hydroxyl groups is 1. The SMILES string of the molecule is CC.CCC1CCC(n2ccc(=O)[nH]c2=O)O1.COC(C)(C)O. The average Bonchev–Trinajstić information content (AvgIpc) is 2.98. The Morgan fingerprint density at radius 1 is 1.39 bits per heavy atom. The van der Waals surface area contributed by atoms with Crippen molar-refractivity contribution >= 4 is 0 Å². The molecule has 2 N–H and O–H groups in total. The molecule has 0 aliphatic carbocycles. The summed E-state index contributed by atoms with van der Waals surface area (Å²) in [4.78, 5) is 24.5. The maximum Gasteiger partial charge on any atom is 0.330 e. The molecule has 1 aliphatic rings. The van der Waals surface area contributed by atoms with E-state index in [4.69, 9.17) is 9.84 Å². The molecule has 1 aliphatic heterocycles. The van der Waals surface area contributed by atoms with Gasteiger partial charge in [-0.3, -0.25) is 14.3 Å². The van der Waals surface area contributed by atoms with Gasteiger partial charge in [-0.15, -0.1) is 0 Å². The molecule has 134 valence electrons. The van der Waals surface area contributed by atoms with E-state index in [2.05, 4.69) is 16.6 Å². The Labute approximate surface area is 137 Å². The van der Waals surface area contributed by atoms with Crippen LogP contribution in [-0.4, -0.2) is 33.7 Å². The molecule has 0 saturated carbocycles. The first-order chi connectivity index (χ1) is 10.8. The molecule has 0 amide bonds. The molecule has 2 heterocycles. The molecule has 1 fully saturated rings. The Bertz CT molecular complexity index is 544. The largest absolute Gasteiger partial charge is 0.366 e. The second kappa shape index (κ2) is 10.4. The minimum atomic E-state index is -0.958. The summed E-state index contributed by atoms with van der Waals surface area (Å²) in [5, 5.41) is 8.60. The molecule has 7 nitrogen and oxygen atoms in total. The van der Waals surface area contributed by atoms with Gasteiger partial charge in [0, 0.05) is 19.4 Å². The van der Waals surface area contributed by atoms with Crippen LogP contribution < -0.4 is 11.2 Å². The zero-order chi connectivity index (χ0) is 18.0. The number of aromatic amines is 1. The molecule has 1 aromatic rings. The van der Waals surface area contributed by atoms with Crippen LogP contribution in [0.2, 0.25) is 0 Å². The highest BCUT2D eigenvalue weighted by molar-refractivity contribution is 4.85. The van der Waals surface area contributed by atoms with Crippen LogP contribution >= 0.6 is 0 Å². The van der Waals surface area contributed by atoms with E-state index < -0.39 is 11.5 Å². The van der Waals surface area contributed by atoms with E-state index in [1.807, 2.05) is 13.8 Å². The Morgan fingerprint density at radius 2 is 1.96 bits per heavy atom. The number of H-pyrrole nitrogens is 1. The highest BCUT2D eigenvalue weighted by Crippen LogP contribution is 2.28. The van der Waals surface area contributed by atoms with E-state index in [1.165, 1.54) is 23.9 Å². The molecular weight excluding hydrogens is 300 g/mol. The van der Waals surface area contributed by atoms with Crippen molar-refractivity contribution in [2.24, 2.45) is 0 Å². The highest BCUT2D eigenvalue weighted by Gasteiger charge is 2.25. The summed E-state index contributed by atoms with van der Waals surface area (Å²) < 4.78 is 11.6. The first kappa shape index (κ1) is 21.6. The van der Waals surface area contributed by atoms with E-state index >= 15 is 0 Å². The number of rotatable bonds is 3. The Kier molecular flexibility index (Phi) is 9.71. The van der Waals surface area contributed by atoms with Gasteiger partial charge in [0.05, 0.1) is 6.10 Å². The lowest BCUT2D eigenvalue weighted by Gasteiger charge is -2.14. The van der Waals surface area contributed by atoms with Crippen LogP contribution in [0.1, 0.15) is 60.1 Å². The van der Waals surface area contributed by atoms with Crippen LogP contribution in [-0.2, 0) is 9.47 Å². The van der Waals surface area contributed by atoms with Gasteiger partial charge in [0.1, 0.15) is 6.23 Å². The van der Waals surface area contributed by atoms with E-state index in [1.54, 1.807) is 13.8 Å². The van der Waals surface area contributed by atoms with Crippen molar-refractivity contribution < 1.29 is 14.6 Å². The van der Waals surface area contributed by atoms with Crippen molar-refractivity contribution in [2.45, 2.75) is 72.0 Å². The molecular formula is C16H30N2O5. The molecule has 0 spiro atoms. The fraction of sp³-hybridized carbons (Fsp3) is 0.750. The summed E-state index contributed by atoms with van der Waals surface area (Å²) in [7, 11) is 1.46. The van der Waals surface area contributed by atoms with Gasteiger partial charge in [0.25, 0.3) is 5.56 Å². The Morgan fingerprint density at radius 3 is 2.35 bits per heavy atom. The zero-order valence-electron chi connectivity index (χ0n) is 15.0. The Hall–Kier alpha value is -1.44. The fourth-order valence-corrected chi connectivity index (χ4v) is 1.85. The Balaban J connectivity index is 0.000000515. The van der Waals surface area contributed by atoms with Gasteiger partial charge >= 0.3 is 5.69 Å². The van der Waals surface area contributed by atoms with Gasteiger partial charge in [-0.2, -0.15) is 0 Å². The van der Waals surface area contributed by atoms with Gasteiger partial charge < -0.3 is 14.6 Å². The maximum atomic E-state index is 11.4. The number of ether oxygens (including phenoxy) is 2. The molecule has 1 aromatic heterocycles. The number of nitrogens with one attached hydrogen (secondary N) is 1. The molecule has 0 bridgehead atoms. The minimum absolute atomic E-state index is 0.223. The van der Waals surface area contributed by atoms with Crippen molar-refractivity contribution in [1.29, 1.82) is 0 Å². The predicted octanol–water partition coefficient (Wildman–Crippen LogP) is 2.01. The van der Waals surface area contributed by atoms with Crippen LogP contribution in [0.4, 0.5) is 0 Å². The number of methoxy groups -OCH3 is 1. The van der Waals surface area contributed by atoms with Gasteiger partial charge in [0.2, 0.25) is 0 Å². The summed E-state index contributed by atoms with van der Waals surface area (Å²) >= 11 is 0. The average molecular weight is 330 g/mol. The third-order valence-corrected chi connectivity index (χ3v) is 3.20. The lowest BCUT2D eigenvalue weighted by atomic mass is 10.2. The molecule has 2 rings (SSSR count). The van der Waals surface area contributed by atoms with E-state index in [-0.39, 0.29) is 17.9 Å². The third kappa shape index (κ3) is 8.11. The zero-order valence-corrected chi connectivity index (χ0v) is 15.0. The van der Waals surface area contributed by atoms with E-state index in [0.717, 1.165) is 19.3 Å². The maximum absolute atomic E-state index is 11.4. The molecule has 2 unspecified atom stereocenters. The van der Waals surface area contributed by atoms with Crippen molar-refractivity contribution in [3.05, 3.63) is 33.1 Å².